The molecule has 7 heteroatoms. The number of nitrogens with zero attached hydrogens (tertiary/aromatic N) is 1. The normalized spacial score (nSPS) is 13.1. The minimum Gasteiger partial charge on any atom is -0.464 e. The Morgan fingerprint density at radius 1 is 1.40 bits per heavy atom. The number of ether oxygens (including phenoxy) is 1. The topological polar surface area (TPSA) is 48.3 Å². The summed E-state index contributed by atoms with van der Waals surface area (Å²) in [5.41, 5.74) is -1.66. The number of rotatable bonds is 5. The molecule has 0 aliphatic heterocycles. The number of alkyl halides is 3. The molecule has 0 saturated heterocycles. The molecule has 0 aromatic carbocycles. The van der Waals surface area contributed by atoms with Gasteiger partial charge in [-0.15, -0.1) is 0 Å². The van der Waals surface area contributed by atoms with E-state index >= 15 is 0 Å². The van der Waals surface area contributed by atoms with Crippen LogP contribution in [-0.4, -0.2) is 17.1 Å². The zero-order chi connectivity index (χ0) is 15.3. The average Bonchev–Trinajstić information content (AvgIpc) is 2.37. The molecule has 0 spiro atoms. The maximum Gasteiger partial charge on any atom is 0.417 e. The fourth-order valence-electron chi connectivity index (χ4n) is 1.53. The molecule has 0 amide bonds. The Morgan fingerprint density at radius 3 is 2.60 bits per heavy atom. The first-order valence-corrected chi connectivity index (χ1v) is 6.23. The third-order valence-electron chi connectivity index (χ3n) is 2.77. The monoisotopic (exact) mass is 291 g/mol. The minimum atomic E-state index is -4.57. The number of pyridine rings is 1. The van der Waals surface area contributed by atoms with Gasteiger partial charge in [0.05, 0.1) is 12.2 Å². The molecule has 0 N–H and O–H groups in total. The van der Waals surface area contributed by atoms with Crippen molar-refractivity contribution < 1.29 is 22.7 Å². The molecule has 1 atom stereocenters. The van der Waals surface area contributed by atoms with Crippen LogP contribution in [-0.2, 0) is 15.7 Å². The maximum atomic E-state index is 12.6. The molecule has 112 valence electrons. The van der Waals surface area contributed by atoms with Crippen molar-refractivity contribution in [3.63, 3.8) is 0 Å². The lowest BCUT2D eigenvalue weighted by Gasteiger charge is -2.16. The van der Waals surface area contributed by atoms with Crippen LogP contribution in [0.5, 0.6) is 0 Å². The number of hydrogen-bond donors (Lipinski definition) is 0. The number of esters is 1. The van der Waals surface area contributed by atoms with E-state index in [0.717, 1.165) is 17.1 Å². The zero-order valence-corrected chi connectivity index (χ0v) is 11.2. The molecule has 1 heterocycles. The molecular formula is C13H16F3NO3. The van der Waals surface area contributed by atoms with Gasteiger partial charge in [0, 0.05) is 12.3 Å². The van der Waals surface area contributed by atoms with Gasteiger partial charge in [-0.1, -0.05) is 13.3 Å². The van der Waals surface area contributed by atoms with E-state index in [2.05, 4.69) is 0 Å². The van der Waals surface area contributed by atoms with E-state index in [1.165, 1.54) is 6.92 Å². The molecule has 0 bridgehead atoms. The molecule has 0 saturated carbocycles. The van der Waals surface area contributed by atoms with Gasteiger partial charge in [0.1, 0.15) is 6.04 Å². The lowest BCUT2D eigenvalue weighted by atomic mass is 10.2. The lowest BCUT2D eigenvalue weighted by Crippen LogP contribution is -2.29. The highest BCUT2D eigenvalue weighted by molar-refractivity contribution is 5.73. The Morgan fingerprint density at radius 2 is 2.05 bits per heavy atom. The number of carbonyl (C=O) groups is 1. The van der Waals surface area contributed by atoms with Gasteiger partial charge in [-0.05, 0) is 19.4 Å². The highest BCUT2D eigenvalue weighted by Crippen LogP contribution is 2.28. The van der Waals surface area contributed by atoms with Crippen molar-refractivity contribution in [2.45, 2.75) is 38.9 Å². The summed E-state index contributed by atoms with van der Waals surface area (Å²) in [5, 5.41) is 0. The smallest absolute Gasteiger partial charge is 0.417 e. The summed E-state index contributed by atoms with van der Waals surface area (Å²) in [4.78, 5) is 23.2. The predicted octanol–water partition coefficient (Wildman–Crippen LogP) is 2.77. The molecule has 1 aromatic rings. The van der Waals surface area contributed by atoms with Crippen LogP contribution in [0.3, 0.4) is 0 Å². The summed E-state index contributed by atoms with van der Waals surface area (Å²) in [7, 11) is 0. The number of halogens is 3. The van der Waals surface area contributed by atoms with Crippen LogP contribution in [0, 0.1) is 0 Å². The Labute approximate surface area is 114 Å². The first kappa shape index (κ1) is 16.3. The van der Waals surface area contributed by atoms with Gasteiger partial charge in [-0.25, -0.2) is 4.79 Å². The molecule has 1 rings (SSSR count). The Hall–Kier alpha value is -1.79. The zero-order valence-electron chi connectivity index (χ0n) is 11.2. The molecule has 1 aromatic heterocycles. The van der Waals surface area contributed by atoms with Gasteiger partial charge in [0.2, 0.25) is 0 Å². The Kier molecular flexibility index (Phi) is 5.35. The Balaban J connectivity index is 2.95. The van der Waals surface area contributed by atoms with E-state index in [1.54, 1.807) is 0 Å². The van der Waals surface area contributed by atoms with Crippen molar-refractivity contribution in [1.29, 1.82) is 0 Å². The van der Waals surface area contributed by atoms with E-state index in [1.807, 2.05) is 6.92 Å². The van der Waals surface area contributed by atoms with Crippen LogP contribution < -0.4 is 5.56 Å². The molecule has 1 unspecified atom stereocenters. The Bertz CT molecular complexity index is 522. The van der Waals surface area contributed by atoms with E-state index in [-0.39, 0.29) is 6.61 Å². The van der Waals surface area contributed by atoms with Crippen molar-refractivity contribution in [2.24, 2.45) is 0 Å². The summed E-state index contributed by atoms with van der Waals surface area (Å²) >= 11 is 0. The molecular weight excluding hydrogens is 275 g/mol. The minimum absolute atomic E-state index is 0.188. The van der Waals surface area contributed by atoms with Crippen molar-refractivity contribution in [3.8, 4) is 0 Å². The van der Waals surface area contributed by atoms with Crippen LogP contribution in [0.25, 0.3) is 0 Å². The van der Waals surface area contributed by atoms with Crippen molar-refractivity contribution in [2.75, 3.05) is 6.61 Å². The first-order chi connectivity index (χ1) is 9.27. The summed E-state index contributed by atoms with van der Waals surface area (Å²) < 4.78 is 43.4. The van der Waals surface area contributed by atoms with Crippen molar-refractivity contribution in [1.82, 2.24) is 4.57 Å². The molecule has 0 aliphatic carbocycles. The summed E-state index contributed by atoms with van der Waals surface area (Å²) in [5.74, 6) is -0.722. The van der Waals surface area contributed by atoms with Crippen molar-refractivity contribution in [3.05, 3.63) is 34.2 Å². The van der Waals surface area contributed by atoms with Crippen molar-refractivity contribution >= 4 is 5.97 Å². The number of aromatic nitrogens is 1. The average molecular weight is 291 g/mol. The summed E-state index contributed by atoms with van der Waals surface area (Å²) in [6.07, 6.45) is -2.45. The second-order valence-corrected chi connectivity index (χ2v) is 4.36. The van der Waals surface area contributed by atoms with Crippen LogP contribution in [0.1, 0.15) is 38.3 Å². The van der Waals surface area contributed by atoms with Crippen LogP contribution in [0.2, 0.25) is 0 Å². The summed E-state index contributed by atoms with van der Waals surface area (Å²) in [6.45, 7) is 3.43. The van der Waals surface area contributed by atoms with Crippen LogP contribution >= 0.6 is 0 Å². The second kappa shape index (κ2) is 6.58. The molecule has 0 aliphatic rings. The number of unbranched alkanes of at least 4 members (excludes halogenated alkanes) is 1. The van der Waals surface area contributed by atoms with E-state index in [9.17, 15) is 22.8 Å². The third-order valence-corrected chi connectivity index (χ3v) is 2.77. The van der Waals surface area contributed by atoms with Gasteiger partial charge >= 0.3 is 12.1 Å². The molecule has 4 nitrogen and oxygen atoms in total. The fraction of sp³-hybridized carbons (Fsp3) is 0.538. The lowest BCUT2D eigenvalue weighted by molar-refractivity contribution is -0.148. The third kappa shape index (κ3) is 4.11. The van der Waals surface area contributed by atoms with Gasteiger partial charge in [-0.2, -0.15) is 13.2 Å². The van der Waals surface area contributed by atoms with E-state index in [4.69, 9.17) is 4.74 Å². The number of carbonyl (C=O) groups excluding carboxylic acids is 1. The molecule has 20 heavy (non-hydrogen) atoms. The highest BCUT2D eigenvalue weighted by atomic mass is 19.4. The van der Waals surface area contributed by atoms with Crippen LogP contribution in [0.15, 0.2) is 23.1 Å². The standard InChI is InChI=1S/C13H16F3NO3/c1-3-4-7-20-12(19)9(2)17-8-10(13(14,15)16)5-6-11(17)18/h5-6,8-9H,3-4,7H2,1-2H3. The van der Waals surface area contributed by atoms with Gasteiger partial charge in [0.25, 0.3) is 5.56 Å². The van der Waals surface area contributed by atoms with E-state index in [0.29, 0.717) is 18.7 Å². The summed E-state index contributed by atoms with van der Waals surface area (Å²) in [6, 6.07) is 0.383. The second-order valence-electron chi connectivity index (χ2n) is 4.36. The molecule has 0 radical (unpaired) electrons. The molecule has 0 fully saturated rings. The van der Waals surface area contributed by atoms with Crippen LogP contribution in [0.4, 0.5) is 13.2 Å². The fourth-order valence-corrected chi connectivity index (χ4v) is 1.53. The quantitative estimate of drug-likeness (QED) is 0.619. The first-order valence-electron chi connectivity index (χ1n) is 6.23. The van der Waals surface area contributed by atoms with Gasteiger partial charge in [-0.3, -0.25) is 4.79 Å². The highest BCUT2D eigenvalue weighted by Gasteiger charge is 2.32. The maximum absolute atomic E-state index is 12.6. The SMILES string of the molecule is CCCCOC(=O)C(C)n1cc(C(F)(F)F)ccc1=O. The number of hydrogen-bond acceptors (Lipinski definition) is 3. The van der Waals surface area contributed by atoms with E-state index < -0.39 is 29.3 Å². The van der Waals surface area contributed by atoms with Gasteiger partial charge < -0.3 is 9.30 Å². The van der Waals surface area contributed by atoms with Gasteiger partial charge in [0.15, 0.2) is 0 Å². The largest absolute Gasteiger partial charge is 0.464 e. The predicted molar refractivity (Wildman–Crippen MR) is 66.3 cm³/mol.